The molecule has 1 saturated heterocycles. The summed E-state index contributed by atoms with van der Waals surface area (Å²) in [6, 6.07) is 7.67. The molecule has 1 N–H and O–H groups in total. The third-order valence-electron chi connectivity index (χ3n) is 4.03. The number of hydrogen-bond donors (Lipinski definition) is 1. The fourth-order valence-electron chi connectivity index (χ4n) is 2.82. The van der Waals surface area contributed by atoms with E-state index >= 15 is 0 Å². The van der Waals surface area contributed by atoms with Crippen LogP contribution < -0.4 is 10.1 Å². The molecule has 1 aromatic carbocycles. The van der Waals surface area contributed by atoms with Crippen molar-refractivity contribution in [1.82, 2.24) is 10.2 Å². The lowest BCUT2D eigenvalue weighted by Crippen LogP contribution is -2.44. The molecule has 1 fully saturated rings. The van der Waals surface area contributed by atoms with Crippen LogP contribution in [-0.2, 0) is 4.79 Å². The number of rotatable bonds is 6. The van der Waals surface area contributed by atoms with Crippen molar-refractivity contribution in [2.45, 2.75) is 26.4 Å². The van der Waals surface area contributed by atoms with Crippen LogP contribution in [0.5, 0.6) is 5.75 Å². The first-order valence-corrected chi connectivity index (χ1v) is 8.66. The number of likely N-dealkylation sites (tertiary alicyclic amines) is 1. The SMILES string of the molecule is CNC[C@@H]1CCN(C(=O)[C@@H](Oc2ccccc2Br)C(C)C)C1. The van der Waals surface area contributed by atoms with Gasteiger partial charge in [0, 0.05) is 13.1 Å². The molecular weight excluding hydrogens is 344 g/mol. The summed E-state index contributed by atoms with van der Waals surface area (Å²) in [7, 11) is 1.96. The monoisotopic (exact) mass is 368 g/mol. The molecule has 0 aliphatic carbocycles. The van der Waals surface area contributed by atoms with Gasteiger partial charge in [0.1, 0.15) is 5.75 Å². The predicted octanol–water partition coefficient (Wildman–Crippen LogP) is 2.92. The smallest absolute Gasteiger partial charge is 0.263 e. The molecule has 0 bridgehead atoms. The summed E-state index contributed by atoms with van der Waals surface area (Å²) in [5.74, 6) is 1.50. The zero-order valence-corrected chi connectivity index (χ0v) is 15.1. The van der Waals surface area contributed by atoms with Crippen molar-refractivity contribution in [3.8, 4) is 5.75 Å². The van der Waals surface area contributed by atoms with Crippen molar-refractivity contribution in [3.05, 3.63) is 28.7 Å². The van der Waals surface area contributed by atoms with Gasteiger partial charge in [0.25, 0.3) is 5.91 Å². The van der Waals surface area contributed by atoms with E-state index in [1.807, 2.05) is 50.1 Å². The zero-order valence-electron chi connectivity index (χ0n) is 13.5. The van der Waals surface area contributed by atoms with Gasteiger partial charge in [0.2, 0.25) is 0 Å². The highest BCUT2D eigenvalue weighted by molar-refractivity contribution is 9.10. The van der Waals surface area contributed by atoms with Gasteiger partial charge in [0.05, 0.1) is 4.47 Å². The molecule has 2 rings (SSSR count). The van der Waals surface area contributed by atoms with Crippen LogP contribution in [0, 0.1) is 11.8 Å². The number of ether oxygens (including phenoxy) is 1. The van der Waals surface area contributed by atoms with Crippen molar-refractivity contribution in [1.29, 1.82) is 0 Å². The summed E-state index contributed by atoms with van der Waals surface area (Å²) in [6.45, 7) is 6.66. The second-order valence-electron chi connectivity index (χ2n) is 6.21. The Kier molecular flexibility index (Phi) is 6.26. The lowest BCUT2D eigenvalue weighted by atomic mass is 10.1. The largest absolute Gasteiger partial charge is 0.479 e. The maximum atomic E-state index is 12.8. The average Bonchev–Trinajstić information content (AvgIpc) is 2.94. The van der Waals surface area contributed by atoms with Crippen molar-refractivity contribution < 1.29 is 9.53 Å². The Bertz CT molecular complexity index is 507. The molecule has 1 aliphatic heterocycles. The Hall–Kier alpha value is -1.07. The molecule has 1 amide bonds. The number of nitrogens with zero attached hydrogens (tertiary/aromatic N) is 1. The summed E-state index contributed by atoms with van der Waals surface area (Å²) in [4.78, 5) is 14.8. The van der Waals surface area contributed by atoms with Crippen molar-refractivity contribution in [2.75, 3.05) is 26.7 Å². The van der Waals surface area contributed by atoms with Crippen LogP contribution in [0.3, 0.4) is 0 Å². The van der Waals surface area contributed by atoms with E-state index in [1.54, 1.807) is 0 Å². The zero-order chi connectivity index (χ0) is 16.1. The number of carbonyl (C=O) groups excluding carboxylic acids is 1. The molecule has 0 aromatic heterocycles. The normalized spacial score (nSPS) is 19.5. The Balaban J connectivity index is 2.05. The average molecular weight is 369 g/mol. The van der Waals surface area contributed by atoms with Crippen LogP contribution in [0.2, 0.25) is 0 Å². The van der Waals surface area contributed by atoms with E-state index in [9.17, 15) is 4.79 Å². The molecule has 1 heterocycles. The number of hydrogen-bond acceptors (Lipinski definition) is 3. The number of carbonyl (C=O) groups is 1. The first-order valence-electron chi connectivity index (χ1n) is 7.87. The van der Waals surface area contributed by atoms with Gasteiger partial charge in [0.15, 0.2) is 6.10 Å². The molecule has 0 saturated carbocycles. The van der Waals surface area contributed by atoms with Gasteiger partial charge < -0.3 is 15.0 Å². The summed E-state index contributed by atoms with van der Waals surface area (Å²) in [5, 5.41) is 3.19. The number of nitrogens with one attached hydrogen (secondary N) is 1. The van der Waals surface area contributed by atoms with Gasteiger partial charge in [-0.15, -0.1) is 0 Å². The second kappa shape index (κ2) is 7.97. The lowest BCUT2D eigenvalue weighted by molar-refractivity contribution is -0.139. The molecule has 2 atom stereocenters. The van der Waals surface area contributed by atoms with Crippen LogP contribution in [0.4, 0.5) is 0 Å². The Morgan fingerprint density at radius 1 is 1.45 bits per heavy atom. The third-order valence-corrected chi connectivity index (χ3v) is 4.68. The fourth-order valence-corrected chi connectivity index (χ4v) is 3.20. The van der Waals surface area contributed by atoms with E-state index in [1.165, 1.54) is 0 Å². The highest BCUT2D eigenvalue weighted by Crippen LogP contribution is 2.27. The predicted molar refractivity (Wildman–Crippen MR) is 92.0 cm³/mol. The van der Waals surface area contributed by atoms with Gasteiger partial charge in [-0.1, -0.05) is 26.0 Å². The van der Waals surface area contributed by atoms with Crippen LogP contribution in [-0.4, -0.2) is 43.6 Å². The second-order valence-corrected chi connectivity index (χ2v) is 7.06. The van der Waals surface area contributed by atoms with Crippen molar-refractivity contribution in [2.24, 2.45) is 11.8 Å². The molecule has 4 nitrogen and oxygen atoms in total. The first-order chi connectivity index (χ1) is 10.5. The Morgan fingerprint density at radius 3 is 2.82 bits per heavy atom. The van der Waals surface area contributed by atoms with E-state index in [4.69, 9.17) is 4.74 Å². The molecule has 1 aliphatic rings. The third kappa shape index (κ3) is 4.23. The first kappa shape index (κ1) is 17.3. The highest BCUT2D eigenvalue weighted by atomic mass is 79.9. The van der Waals surface area contributed by atoms with Crippen LogP contribution >= 0.6 is 15.9 Å². The van der Waals surface area contributed by atoms with Crippen molar-refractivity contribution >= 4 is 21.8 Å². The molecule has 0 spiro atoms. The minimum absolute atomic E-state index is 0.101. The maximum absolute atomic E-state index is 12.8. The van der Waals surface area contributed by atoms with Gasteiger partial charge >= 0.3 is 0 Å². The van der Waals surface area contributed by atoms with Gasteiger partial charge in [-0.2, -0.15) is 0 Å². The summed E-state index contributed by atoms with van der Waals surface area (Å²) in [5.41, 5.74) is 0. The van der Waals surface area contributed by atoms with E-state index < -0.39 is 6.10 Å². The van der Waals surface area contributed by atoms with E-state index in [0.717, 1.165) is 36.3 Å². The molecule has 0 unspecified atom stereocenters. The Morgan fingerprint density at radius 2 is 2.18 bits per heavy atom. The number of amides is 1. The van der Waals surface area contributed by atoms with E-state index in [2.05, 4.69) is 21.2 Å². The highest BCUT2D eigenvalue weighted by Gasteiger charge is 2.33. The molecule has 5 heteroatoms. The number of benzene rings is 1. The van der Waals surface area contributed by atoms with Gasteiger partial charge in [-0.25, -0.2) is 0 Å². The minimum Gasteiger partial charge on any atom is -0.479 e. The summed E-state index contributed by atoms with van der Waals surface area (Å²) < 4.78 is 6.90. The summed E-state index contributed by atoms with van der Waals surface area (Å²) >= 11 is 3.48. The lowest BCUT2D eigenvalue weighted by Gasteiger charge is -2.27. The van der Waals surface area contributed by atoms with Crippen LogP contribution in [0.25, 0.3) is 0 Å². The standard InChI is InChI=1S/C17H25BrN2O2/c1-12(2)16(22-15-7-5-4-6-14(15)18)17(21)20-9-8-13(11-20)10-19-3/h4-7,12-13,16,19H,8-11H2,1-3H3/t13-,16-/m0/s1. The van der Waals surface area contributed by atoms with Gasteiger partial charge in [-0.05, 0) is 59.9 Å². The molecule has 22 heavy (non-hydrogen) atoms. The molecular formula is C17H25BrN2O2. The Labute approximate surface area is 141 Å². The topological polar surface area (TPSA) is 41.6 Å². The minimum atomic E-state index is -0.438. The molecule has 1 aromatic rings. The quantitative estimate of drug-likeness (QED) is 0.839. The maximum Gasteiger partial charge on any atom is 0.263 e. The van der Waals surface area contributed by atoms with Crippen LogP contribution in [0.15, 0.2) is 28.7 Å². The molecule has 122 valence electrons. The van der Waals surface area contributed by atoms with Crippen molar-refractivity contribution in [3.63, 3.8) is 0 Å². The van der Waals surface area contributed by atoms with E-state index in [-0.39, 0.29) is 11.8 Å². The van der Waals surface area contributed by atoms with E-state index in [0.29, 0.717) is 5.92 Å². The van der Waals surface area contributed by atoms with Crippen LogP contribution in [0.1, 0.15) is 20.3 Å². The number of para-hydroxylation sites is 1. The number of halogens is 1. The van der Waals surface area contributed by atoms with Gasteiger partial charge in [-0.3, -0.25) is 4.79 Å². The fraction of sp³-hybridized carbons (Fsp3) is 0.588. The summed E-state index contributed by atoms with van der Waals surface area (Å²) in [6.07, 6.45) is 0.624. The molecule has 0 radical (unpaired) electrons.